The highest BCUT2D eigenvalue weighted by molar-refractivity contribution is 5.82. The number of carbonyl (C=O) groups is 1. The van der Waals surface area contributed by atoms with Gasteiger partial charge >= 0.3 is 0 Å². The van der Waals surface area contributed by atoms with E-state index in [1.807, 2.05) is 48.2 Å². The fourth-order valence-electron chi connectivity index (χ4n) is 4.67. The number of carbonyl (C=O) groups excluding carboxylic acids is 1. The molecule has 1 saturated heterocycles. The predicted molar refractivity (Wildman–Crippen MR) is 119 cm³/mol. The van der Waals surface area contributed by atoms with E-state index in [2.05, 4.69) is 31.2 Å². The molecule has 0 saturated carbocycles. The predicted octanol–water partition coefficient (Wildman–Crippen LogP) is 5.54. The van der Waals surface area contributed by atoms with Crippen LogP contribution in [0.2, 0.25) is 0 Å². The van der Waals surface area contributed by atoms with Crippen molar-refractivity contribution in [3.05, 3.63) is 71.8 Å². The second-order valence-corrected chi connectivity index (χ2v) is 8.70. The molecule has 0 aromatic heterocycles. The van der Waals surface area contributed by atoms with Gasteiger partial charge in [0.25, 0.3) is 0 Å². The third-order valence-electron chi connectivity index (χ3n) is 6.35. The largest absolute Gasteiger partial charge is 0.389 e. The zero-order valence-electron chi connectivity index (χ0n) is 17.9. The van der Waals surface area contributed by atoms with Gasteiger partial charge in [-0.05, 0) is 36.8 Å². The number of nitrogens with zero attached hydrogens (tertiary/aromatic N) is 1. The number of rotatable bonds is 9. The molecule has 1 fully saturated rings. The van der Waals surface area contributed by atoms with Crippen LogP contribution in [0.4, 0.5) is 0 Å². The maximum Gasteiger partial charge on any atom is 0.229 e. The normalized spacial score (nSPS) is 23.2. The monoisotopic (exact) mass is 393 g/mol. The van der Waals surface area contributed by atoms with Crippen molar-refractivity contribution in [1.29, 1.82) is 0 Å². The molecule has 0 bridgehead atoms. The number of amides is 1. The maximum atomic E-state index is 13.6. The molecular weight excluding hydrogens is 358 g/mol. The van der Waals surface area contributed by atoms with E-state index in [-0.39, 0.29) is 11.8 Å². The number of unbranched alkanes of at least 4 members (excludes halogenated alkanes) is 3. The highest BCUT2D eigenvalue weighted by Gasteiger charge is 2.48. The molecule has 1 aliphatic heterocycles. The first-order valence-electron chi connectivity index (χ1n) is 11.1. The summed E-state index contributed by atoms with van der Waals surface area (Å²) in [5.74, 6) is -0.257. The van der Waals surface area contributed by atoms with E-state index in [9.17, 15) is 9.90 Å². The van der Waals surface area contributed by atoms with Crippen LogP contribution in [0, 0.1) is 5.92 Å². The van der Waals surface area contributed by atoms with E-state index >= 15 is 0 Å². The minimum absolute atomic E-state index is 0.0501. The number of likely N-dealkylation sites (tertiary alicyclic amines) is 1. The van der Waals surface area contributed by atoms with Crippen LogP contribution in [0.1, 0.15) is 69.4 Å². The average molecular weight is 394 g/mol. The summed E-state index contributed by atoms with van der Waals surface area (Å²) in [5.41, 5.74) is 1.33. The molecule has 3 rings (SSSR count). The number of benzene rings is 2. The van der Waals surface area contributed by atoms with Crippen LogP contribution in [0.3, 0.4) is 0 Å². The van der Waals surface area contributed by atoms with E-state index in [4.69, 9.17) is 0 Å². The molecular formula is C26H35NO2. The Kier molecular flexibility index (Phi) is 7.49. The molecule has 3 atom stereocenters. The van der Waals surface area contributed by atoms with Crippen LogP contribution in [0.15, 0.2) is 60.7 Å². The molecule has 156 valence electrons. The standard InChI is InChI=1S/C26H35NO2/c1-3-4-5-12-17-23(22-15-10-7-11-16-22)24-25(28)27(19-18-26(24,2)29)20-21-13-8-6-9-14-21/h6-11,13-16,23-24,29H,3-5,12,17-20H2,1-2H3/t23-,24-,26+/m0/s1. The van der Waals surface area contributed by atoms with Crippen LogP contribution < -0.4 is 0 Å². The third-order valence-corrected chi connectivity index (χ3v) is 6.35. The fourth-order valence-corrected chi connectivity index (χ4v) is 4.67. The van der Waals surface area contributed by atoms with E-state index in [1.54, 1.807) is 0 Å². The number of aliphatic hydroxyl groups is 1. The SMILES string of the molecule is CCCCCC[C@@H](c1ccccc1)[C@H]1C(=O)N(Cc2ccccc2)CC[C@@]1(C)O. The van der Waals surface area contributed by atoms with Gasteiger partial charge in [-0.3, -0.25) is 4.79 Å². The molecule has 3 nitrogen and oxygen atoms in total. The minimum atomic E-state index is -0.977. The fraction of sp³-hybridized carbons (Fsp3) is 0.500. The maximum absolute atomic E-state index is 13.6. The highest BCUT2D eigenvalue weighted by Crippen LogP contribution is 2.42. The van der Waals surface area contributed by atoms with Gasteiger partial charge in [0.15, 0.2) is 0 Å². The second kappa shape index (κ2) is 10.1. The van der Waals surface area contributed by atoms with Gasteiger partial charge in [-0.25, -0.2) is 0 Å². The molecule has 1 aliphatic rings. The quantitative estimate of drug-likeness (QED) is 0.568. The van der Waals surface area contributed by atoms with Crippen molar-refractivity contribution in [2.45, 2.75) is 70.4 Å². The third kappa shape index (κ3) is 5.48. The molecule has 1 amide bonds. The van der Waals surface area contributed by atoms with Gasteiger partial charge < -0.3 is 10.0 Å². The Morgan fingerprint density at radius 3 is 2.34 bits per heavy atom. The summed E-state index contributed by atoms with van der Waals surface area (Å²) in [6.45, 7) is 5.29. The van der Waals surface area contributed by atoms with Gasteiger partial charge in [0, 0.05) is 13.1 Å². The van der Waals surface area contributed by atoms with Crippen molar-refractivity contribution in [2.75, 3.05) is 6.54 Å². The zero-order chi connectivity index (χ0) is 20.7. The van der Waals surface area contributed by atoms with Crippen molar-refractivity contribution in [2.24, 2.45) is 5.92 Å². The summed E-state index contributed by atoms with van der Waals surface area (Å²) in [7, 11) is 0. The topological polar surface area (TPSA) is 40.5 Å². The first kappa shape index (κ1) is 21.6. The molecule has 3 heteroatoms. The van der Waals surface area contributed by atoms with Gasteiger partial charge in [0.1, 0.15) is 0 Å². The van der Waals surface area contributed by atoms with Gasteiger partial charge in [-0.1, -0.05) is 93.3 Å². The van der Waals surface area contributed by atoms with Gasteiger partial charge in [0.05, 0.1) is 11.5 Å². The van der Waals surface area contributed by atoms with Crippen LogP contribution in [0.25, 0.3) is 0 Å². The van der Waals surface area contributed by atoms with Crippen LogP contribution in [-0.2, 0) is 11.3 Å². The molecule has 0 radical (unpaired) electrons. The summed E-state index contributed by atoms with van der Waals surface area (Å²) < 4.78 is 0. The van der Waals surface area contributed by atoms with E-state index in [0.717, 1.165) is 18.4 Å². The van der Waals surface area contributed by atoms with E-state index in [1.165, 1.54) is 24.8 Å². The zero-order valence-corrected chi connectivity index (χ0v) is 17.9. The Morgan fingerprint density at radius 1 is 1.03 bits per heavy atom. The first-order chi connectivity index (χ1) is 14.0. The lowest BCUT2D eigenvalue weighted by atomic mass is 9.70. The second-order valence-electron chi connectivity index (χ2n) is 8.70. The van der Waals surface area contributed by atoms with Gasteiger partial charge in [-0.15, -0.1) is 0 Å². The summed E-state index contributed by atoms with van der Waals surface area (Å²) in [4.78, 5) is 15.6. The van der Waals surface area contributed by atoms with Gasteiger partial charge in [-0.2, -0.15) is 0 Å². The Morgan fingerprint density at radius 2 is 1.69 bits per heavy atom. The highest BCUT2D eigenvalue weighted by atomic mass is 16.3. The summed E-state index contributed by atoms with van der Waals surface area (Å²) >= 11 is 0. The van der Waals surface area contributed by atoms with E-state index in [0.29, 0.717) is 19.5 Å². The molecule has 0 unspecified atom stereocenters. The molecule has 1 heterocycles. The lowest BCUT2D eigenvalue weighted by molar-refractivity contribution is -0.156. The van der Waals surface area contributed by atoms with Crippen LogP contribution in [-0.4, -0.2) is 28.1 Å². The molecule has 0 spiro atoms. The molecule has 1 N–H and O–H groups in total. The Bertz CT molecular complexity index is 757. The lowest BCUT2D eigenvalue weighted by Gasteiger charge is -2.45. The minimum Gasteiger partial charge on any atom is -0.389 e. The number of hydrogen-bond donors (Lipinski definition) is 1. The smallest absolute Gasteiger partial charge is 0.229 e. The Balaban J connectivity index is 1.84. The van der Waals surface area contributed by atoms with E-state index < -0.39 is 11.5 Å². The molecule has 2 aromatic rings. The number of piperidine rings is 1. The van der Waals surface area contributed by atoms with Crippen molar-refractivity contribution in [1.82, 2.24) is 4.90 Å². The number of hydrogen-bond acceptors (Lipinski definition) is 2. The molecule has 29 heavy (non-hydrogen) atoms. The van der Waals surface area contributed by atoms with Crippen LogP contribution in [0.5, 0.6) is 0 Å². The lowest BCUT2D eigenvalue weighted by Crippen LogP contribution is -2.55. The molecule has 0 aliphatic carbocycles. The van der Waals surface area contributed by atoms with Crippen LogP contribution >= 0.6 is 0 Å². The molecule has 2 aromatic carbocycles. The Labute approximate surface area is 175 Å². The summed E-state index contributed by atoms with van der Waals surface area (Å²) in [6, 6.07) is 20.5. The van der Waals surface area contributed by atoms with Crippen molar-refractivity contribution in [3.63, 3.8) is 0 Å². The Hall–Kier alpha value is -2.13. The summed E-state index contributed by atoms with van der Waals surface area (Å²) in [5, 5.41) is 11.3. The van der Waals surface area contributed by atoms with Crippen molar-refractivity contribution < 1.29 is 9.90 Å². The summed E-state index contributed by atoms with van der Waals surface area (Å²) in [6.07, 6.45) is 6.24. The van der Waals surface area contributed by atoms with Crippen molar-refractivity contribution >= 4 is 5.91 Å². The van der Waals surface area contributed by atoms with Gasteiger partial charge in [0.2, 0.25) is 5.91 Å². The van der Waals surface area contributed by atoms with Crippen molar-refractivity contribution in [3.8, 4) is 0 Å². The average Bonchev–Trinajstić information content (AvgIpc) is 2.73. The first-order valence-corrected chi connectivity index (χ1v) is 11.1.